The molecule has 104 valence electrons. The molecule has 1 aliphatic heterocycles. The Kier molecular flexibility index (Phi) is 4.15. The van der Waals surface area contributed by atoms with E-state index in [1.165, 1.54) is 7.11 Å². The number of nitrogens with zero attached hydrogens (tertiary/aromatic N) is 1. The number of hydrogen-bond donors (Lipinski definition) is 0. The molecule has 7 heteroatoms. The Labute approximate surface area is 120 Å². The van der Waals surface area contributed by atoms with E-state index in [9.17, 15) is 13.2 Å². The molecule has 1 heterocycles. The first-order valence-electron chi connectivity index (χ1n) is 5.76. The van der Waals surface area contributed by atoms with Gasteiger partial charge < -0.3 is 9.64 Å². The van der Waals surface area contributed by atoms with Crippen molar-refractivity contribution >= 4 is 31.7 Å². The lowest BCUT2D eigenvalue weighted by atomic mass is 10.1. The van der Waals surface area contributed by atoms with Crippen molar-refractivity contribution in [1.29, 1.82) is 0 Å². The van der Waals surface area contributed by atoms with E-state index >= 15 is 0 Å². The van der Waals surface area contributed by atoms with Gasteiger partial charge >= 0.3 is 0 Å². The highest BCUT2D eigenvalue weighted by Crippen LogP contribution is 2.24. The van der Waals surface area contributed by atoms with Gasteiger partial charge in [-0.2, -0.15) is 0 Å². The molecule has 0 spiro atoms. The van der Waals surface area contributed by atoms with Gasteiger partial charge in [0.15, 0.2) is 9.84 Å². The lowest BCUT2D eigenvalue weighted by molar-refractivity contribution is 0.0767. The van der Waals surface area contributed by atoms with Gasteiger partial charge in [-0.15, -0.1) is 0 Å². The van der Waals surface area contributed by atoms with Crippen molar-refractivity contribution in [2.75, 3.05) is 31.7 Å². The van der Waals surface area contributed by atoms with E-state index in [1.807, 2.05) is 0 Å². The van der Waals surface area contributed by atoms with E-state index in [0.717, 1.165) is 4.47 Å². The van der Waals surface area contributed by atoms with Crippen LogP contribution >= 0.6 is 15.9 Å². The summed E-state index contributed by atoms with van der Waals surface area (Å²) in [5.74, 6) is 0.332. The first kappa shape index (κ1) is 14.3. The molecule has 1 fully saturated rings. The highest BCUT2D eigenvalue weighted by Gasteiger charge is 2.27. The van der Waals surface area contributed by atoms with Crippen molar-refractivity contribution in [3.05, 3.63) is 28.2 Å². The van der Waals surface area contributed by atoms with Gasteiger partial charge in [0.25, 0.3) is 5.91 Å². The molecule has 0 aliphatic carbocycles. The zero-order valence-electron chi connectivity index (χ0n) is 10.4. The smallest absolute Gasteiger partial charge is 0.257 e. The van der Waals surface area contributed by atoms with Crippen molar-refractivity contribution in [3.63, 3.8) is 0 Å². The Morgan fingerprint density at radius 2 is 1.95 bits per heavy atom. The third-order valence-electron chi connectivity index (χ3n) is 3.02. The molecule has 1 aliphatic rings. The molecule has 0 radical (unpaired) electrons. The van der Waals surface area contributed by atoms with Crippen LogP contribution < -0.4 is 4.74 Å². The van der Waals surface area contributed by atoms with E-state index in [2.05, 4.69) is 15.9 Å². The number of carbonyl (C=O) groups excluding carboxylic acids is 1. The molecule has 0 atom stereocenters. The van der Waals surface area contributed by atoms with Crippen LogP contribution in [0.15, 0.2) is 22.7 Å². The van der Waals surface area contributed by atoms with Crippen LogP contribution in [0.25, 0.3) is 0 Å². The van der Waals surface area contributed by atoms with Gasteiger partial charge in [0.05, 0.1) is 24.2 Å². The molecule has 1 aromatic carbocycles. The highest BCUT2D eigenvalue weighted by molar-refractivity contribution is 9.10. The number of rotatable bonds is 2. The summed E-state index contributed by atoms with van der Waals surface area (Å²) >= 11 is 3.31. The van der Waals surface area contributed by atoms with Gasteiger partial charge in [0.2, 0.25) is 0 Å². The summed E-state index contributed by atoms with van der Waals surface area (Å²) in [6.45, 7) is 0.466. The molecule has 1 saturated heterocycles. The Bertz CT molecular complexity index is 586. The summed E-state index contributed by atoms with van der Waals surface area (Å²) in [4.78, 5) is 13.9. The Hall–Kier alpha value is -1.08. The number of carbonyl (C=O) groups is 1. The molecular formula is C12H14BrNO4S. The Morgan fingerprint density at radius 3 is 2.53 bits per heavy atom. The van der Waals surface area contributed by atoms with E-state index in [1.54, 1.807) is 23.1 Å². The number of methoxy groups -OCH3 is 1. The van der Waals surface area contributed by atoms with Crippen molar-refractivity contribution in [3.8, 4) is 5.75 Å². The second kappa shape index (κ2) is 5.50. The van der Waals surface area contributed by atoms with Crippen LogP contribution in [0.3, 0.4) is 0 Å². The van der Waals surface area contributed by atoms with Crippen LogP contribution in [0.4, 0.5) is 0 Å². The molecular weight excluding hydrogens is 334 g/mol. The normalized spacial score (nSPS) is 18.1. The van der Waals surface area contributed by atoms with E-state index in [0.29, 0.717) is 11.3 Å². The van der Waals surface area contributed by atoms with Crippen LogP contribution in [-0.2, 0) is 9.84 Å². The highest BCUT2D eigenvalue weighted by atomic mass is 79.9. The third kappa shape index (κ3) is 3.27. The number of hydrogen-bond acceptors (Lipinski definition) is 4. The van der Waals surface area contributed by atoms with E-state index < -0.39 is 9.84 Å². The predicted octanol–water partition coefficient (Wildman–Crippen LogP) is 1.33. The first-order valence-corrected chi connectivity index (χ1v) is 8.37. The summed E-state index contributed by atoms with van der Waals surface area (Å²) < 4.78 is 28.7. The molecule has 0 N–H and O–H groups in total. The van der Waals surface area contributed by atoms with Crippen LogP contribution in [0.1, 0.15) is 10.4 Å². The van der Waals surface area contributed by atoms with Crippen LogP contribution in [0.5, 0.6) is 5.75 Å². The van der Waals surface area contributed by atoms with Crippen LogP contribution in [0.2, 0.25) is 0 Å². The minimum Gasteiger partial charge on any atom is -0.496 e. The van der Waals surface area contributed by atoms with Crippen molar-refractivity contribution in [1.82, 2.24) is 4.90 Å². The average molecular weight is 348 g/mol. The molecule has 0 bridgehead atoms. The molecule has 0 unspecified atom stereocenters. The summed E-state index contributed by atoms with van der Waals surface area (Å²) in [6.07, 6.45) is 0. The summed E-state index contributed by atoms with van der Waals surface area (Å²) in [7, 11) is -1.49. The molecule has 19 heavy (non-hydrogen) atoms. The van der Waals surface area contributed by atoms with Gasteiger partial charge in [-0.3, -0.25) is 4.79 Å². The van der Waals surface area contributed by atoms with Crippen molar-refractivity contribution in [2.24, 2.45) is 0 Å². The zero-order chi connectivity index (χ0) is 14.0. The van der Waals surface area contributed by atoms with Crippen LogP contribution in [0, 0.1) is 0 Å². The number of amides is 1. The quantitative estimate of drug-likeness (QED) is 0.809. The topological polar surface area (TPSA) is 63.7 Å². The van der Waals surface area contributed by atoms with Crippen molar-refractivity contribution < 1.29 is 17.9 Å². The zero-order valence-corrected chi connectivity index (χ0v) is 12.8. The molecule has 1 amide bonds. The number of sulfone groups is 1. The summed E-state index contributed by atoms with van der Waals surface area (Å²) in [6, 6.07) is 5.18. The molecule has 0 aromatic heterocycles. The van der Waals surface area contributed by atoms with Gasteiger partial charge in [-0.05, 0) is 18.2 Å². The van der Waals surface area contributed by atoms with E-state index in [4.69, 9.17) is 4.74 Å². The molecule has 2 rings (SSSR count). The lowest BCUT2D eigenvalue weighted by Gasteiger charge is -2.27. The maximum absolute atomic E-state index is 12.4. The number of benzene rings is 1. The Balaban J connectivity index is 2.23. The average Bonchev–Trinajstić information content (AvgIpc) is 2.38. The fourth-order valence-corrected chi connectivity index (χ4v) is 3.50. The lowest BCUT2D eigenvalue weighted by Crippen LogP contribution is -2.43. The monoisotopic (exact) mass is 347 g/mol. The summed E-state index contributed by atoms with van der Waals surface area (Å²) in [5, 5.41) is 0. The molecule has 5 nitrogen and oxygen atoms in total. The van der Waals surface area contributed by atoms with Crippen molar-refractivity contribution in [2.45, 2.75) is 0 Å². The van der Waals surface area contributed by atoms with Gasteiger partial charge in [0, 0.05) is 17.6 Å². The molecule has 0 saturated carbocycles. The maximum atomic E-state index is 12.4. The van der Waals surface area contributed by atoms with Gasteiger partial charge in [-0.25, -0.2) is 8.42 Å². The second-order valence-corrected chi connectivity index (χ2v) is 7.51. The van der Waals surface area contributed by atoms with Gasteiger partial charge in [0.1, 0.15) is 5.75 Å². The second-order valence-electron chi connectivity index (χ2n) is 4.29. The number of halogens is 1. The molecule has 1 aromatic rings. The standard InChI is InChI=1S/C12H14BrNO4S/c1-18-11-3-2-9(13)8-10(11)12(15)14-4-6-19(16,17)7-5-14/h2-3,8H,4-7H2,1H3. The minimum absolute atomic E-state index is 0.0229. The SMILES string of the molecule is COc1ccc(Br)cc1C(=O)N1CCS(=O)(=O)CC1. The third-order valence-corrected chi connectivity index (χ3v) is 5.13. The van der Waals surface area contributed by atoms with E-state index in [-0.39, 0.29) is 30.5 Å². The fourth-order valence-electron chi connectivity index (χ4n) is 1.93. The largest absolute Gasteiger partial charge is 0.496 e. The maximum Gasteiger partial charge on any atom is 0.257 e. The predicted molar refractivity (Wildman–Crippen MR) is 75.3 cm³/mol. The summed E-state index contributed by atoms with van der Waals surface area (Å²) in [5.41, 5.74) is 0.441. The minimum atomic E-state index is -2.99. The Morgan fingerprint density at radius 1 is 1.32 bits per heavy atom. The number of ether oxygens (including phenoxy) is 1. The van der Waals surface area contributed by atoms with Gasteiger partial charge in [-0.1, -0.05) is 15.9 Å². The first-order chi connectivity index (χ1) is 8.93. The fraction of sp³-hybridized carbons (Fsp3) is 0.417. The van der Waals surface area contributed by atoms with Crippen LogP contribution in [-0.4, -0.2) is 50.9 Å².